The molecule has 9 nitrogen and oxygen atoms in total. The van der Waals surface area contributed by atoms with E-state index >= 15 is 0 Å². The molecule has 0 spiro atoms. The van der Waals surface area contributed by atoms with Crippen molar-refractivity contribution in [2.24, 2.45) is 5.41 Å². The van der Waals surface area contributed by atoms with E-state index in [1.165, 1.54) is 6.20 Å². The number of nitrogens with zero attached hydrogens (tertiary/aromatic N) is 2. The Bertz CT molecular complexity index is 1790. The van der Waals surface area contributed by atoms with E-state index in [9.17, 15) is 19.2 Å². The maximum atomic E-state index is 14.5. The van der Waals surface area contributed by atoms with Crippen LogP contribution < -0.4 is 10.9 Å². The number of amides is 2. The summed E-state index contributed by atoms with van der Waals surface area (Å²) in [7, 11) is 0. The van der Waals surface area contributed by atoms with Crippen LogP contribution in [-0.4, -0.2) is 45.0 Å². The molecule has 3 aromatic carbocycles. The van der Waals surface area contributed by atoms with E-state index in [1.807, 2.05) is 92.4 Å². The third-order valence-corrected chi connectivity index (χ3v) is 9.85. The molecule has 2 N–H and O–H groups in total. The molecule has 2 amide bonds. The topological polar surface area (TPSA) is 121 Å². The Morgan fingerprint density at radius 3 is 2.29 bits per heavy atom. The van der Waals surface area contributed by atoms with Crippen LogP contribution in [0.15, 0.2) is 95.9 Å². The first-order valence-corrected chi connectivity index (χ1v) is 16.7. The van der Waals surface area contributed by atoms with Crippen LogP contribution in [0.4, 0.5) is 0 Å². The zero-order valence-corrected chi connectivity index (χ0v) is 28.1. The highest BCUT2D eigenvalue weighted by molar-refractivity contribution is 5.98. The number of esters is 1. The Hall–Kier alpha value is -5.05. The maximum absolute atomic E-state index is 14.5. The Balaban J connectivity index is 1.37. The number of hydrogen-bond acceptors (Lipinski definition) is 6. The van der Waals surface area contributed by atoms with Crippen LogP contribution in [0.3, 0.4) is 0 Å². The highest BCUT2D eigenvalue weighted by atomic mass is 16.5. The molecule has 0 radical (unpaired) electrons. The first kappa shape index (κ1) is 34.3. The molecule has 2 heterocycles. The van der Waals surface area contributed by atoms with Crippen LogP contribution in [0.2, 0.25) is 0 Å². The summed E-state index contributed by atoms with van der Waals surface area (Å²) < 4.78 is 5.94. The van der Waals surface area contributed by atoms with Gasteiger partial charge in [-0.25, -0.2) is 5.10 Å². The third-order valence-electron chi connectivity index (χ3n) is 9.85. The summed E-state index contributed by atoms with van der Waals surface area (Å²) in [5.41, 5.74) is 3.48. The van der Waals surface area contributed by atoms with E-state index in [-0.39, 0.29) is 36.0 Å². The van der Waals surface area contributed by atoms with Crippen molar-refractivity contribution in [2.45, 2.75) is 84.5 Å². The van der Waals surface area contributed by atoms with E-state index < -0.39 is 17.5 Å². The van der Waals surface area contributed by atoms with E-state index in [4.69, 9.17) is 4.74 Å². The zero-order chi connectivity index (χ0) is 34.3. The van der Waals surface area contributed by atoms with Crippen molar-refractivity contribution in [3.05, 3.63) is 135 Å². The lowest BCUT2D eigenvalue weighted by Gasteiger charge is -2.43. The van der Waals surface area contributed by atoms with Crippen molar-refractivity contribution >= 4 is 17.8 Å². The molecule has 4 aromatic rings. The number of benzene rings is 3. The first-order valence-electron chi connectivity index (χ1n) is 16.7. The van der Waals surface area contributed by atoms with E-state index in [1.54, 1.807) is 25.1 Å². The SMILES string of the molecule is CCC(CC)(C(=O)OCc1ccccc1)[C@H]1CC[C@@H](c2ccccc2)N1C(=O)[C@@H](C)NC(=O)c1ccc(Cc2ccn[nH]c2=O)c(C)c1. The fourth-order valence-corrected chi connectivity index (χ4v) is 6.99. The summed E-state index contributed by atoms with van der Waals surface area (Å²) in [6.07, 6.45) is 4.28. The van der Waals surface area contributed by atoms with Gasteiger partial charge in [0.2, 0.25) is 5.91 Å². The largest absolute Gasteiger partial charge is 0.460 e. The molecule has 0 bridgehead atoms. The van der Waals surface area contributed by atoms with E-state index in [2.05, 4.69) is 15.5 Å². The Kier molecular flexibility index (Phi) is 10.9. The molecule has 0 unspecified atom stereocenters. The lowest BCUT2D eigenvalue weighted by Crippen LogP contribution is -2.56. The second kappa shape index (κ2) is 15.2. The molecule has 1 aromatic heterocycles. The zero-order valence-electron chi connectivity index (χ0n) is 28.1. The normalized spacial score (nSPS) is 16.7. The summed E-state index contributed by atoms with van der Waals surface area (Å²) in [6.45, 7) is 7.71. The van der Waals surface area contributed by atoms with Crippen LogP contribution in [-0.2, 0) is 27.4 Å². The van der Waals surface area contributed by atoms with Gasteiger partial charge < -0.3 is 15.0 Å². The molecule has 48 heavy (non-hydrogen) atoms. The Morgan fingerprint density at radius 1 is 0.958 bits per heavy atom. The summed E-state index contributed by atoms with van der Waals surface area (Å²) in [6, 6.07) is 24.9. The fourth-order valence-electron chi connectivity index (χ4n) is 6.99. The van der Waals surface area contributed by atoms with Gasteiger partial charge in [0.25, 0.3) is 11.5 Å². The molecule has 0 aliphatic carbocycles. The van der Waals surface area contributed by atoms with Crippen molar-refractivity contribution < 1.29 is 19.1 Å². The van der Waals surface area contributed by atoms with Crippen molar-refractivity contribution in [1.29, 1.82) is 0 Å². The van der Waals surface area contributed by atoms with Crippen LogP contribution >= 0.6 is 0 Å². The van der Waals surface area contributed by atoms with Crippen LogP contribution in [0.25, 0.3) is 0 Å². The summed E-state index contributed by atoms with van der Waals surface area (Å²) in [5.74, 6) is -0.931. The van der Waals surface area contributed by atoms with Crippen LogP contribution in [0.1, 0.15) is 90.7 Å². The van der Waals surface area contributed by atoms with Crippen molar-refractivity contribution in [2.75, 3.05) is 0 Å². The van der Waals surface area contributed by atoms with Gasteiger partial charge in [-0.1, -0.05) is 80.6 Å². The second-order valence-electron chi connectivity index (χ2n) is 12.6. The quantitative estimate of drug-likeness (QED) is 0.180. The number of ether oxygens (including phenoxy) is 1. The number of nitrogens with one attached hydrogen (secondary N) is 2. The molecular formula is C39H44N4O5. The fraction of sp³-hybridized carbons (Fsp3) is 0.359. The van der Waals surface area contributed by atoms with Crippen molar-refractivity contribution in [3.63, 3.8) is 0 Å². The molecule has 3 atom stereocenters. The number of likely N-dealkylation sites (tertiary alicyclic amines) is 1. The van der Waals surface area contributed by atoms with Gasteiger partial charge in [0.05, 0.1) is 11.5 Å². The number of H-pyrrole nitrogens is 1. The first-order chi connectivity index (χ1) is 23.2. The maximum Gasteiger partial charge on any atom is 0.314 e. The monoisotopic (exact) mass is 648 g/mol. The molecule has 1 saturated heterocycles. The number of carbonyl (C=O) groups is 3. The highest BCUT2D eigenvalue weighted by Gasteiger charge is 2.53. The molecule has 9 heteroatoms. The predicted molar refractivity (Wildman–Crippen MR) is 184 cm³/mol. The number of aromatic nitrogens is 2. The third kappa shape index (κ3) is 7.25. The molecule has 0 saturated carbocycles. The Labute approximate surface area is 281 Å². The van der Waals surface area contributed by atoms with Crippen LogP contribution in [0.5, 0.6) is 0 Å². The van der Waals surface area contributed by atoms with Gasteiger partial charge >= 0.3 is 5.97 Å². The van der Waals surface area contributed by atoms with Gasteiger partial charge in [-0.05, 0) is 80.0 Å². The number of carbonyl (C=O) groups excluding carboxylic acids is 3. The Morgan fingerprint density at radius 2 is 1.65 bits per heavy atom. The lowest BCUT2D eigenvalue weighted by atomic mass is 9.74. The minimum absolute atomic E-state index is 0.161. The number of rotatable bonds is 12. The number of aromatic amines is 1. The number of aryl methyl sites for hydroxylation is 1. The van der Waals surface area contributed by atoms with Crippen LogP contribution in [0, 0.1) is 12.3 Å². The average molecular weight is 649 g/mol. The average Bonchev–Trinajstić information content (AvgIpc) is 3.56. The van der Waals surface area contributed by atoms with Crippen molar-refractivity contribution in [3.8, 4) is 0 Å². The summed E-state index contributed by atoms with van der Waals surface area (Å²) >= 11 is 0. The van der Waals surface area contributed by atoms with E-state index in [0.717, 1.165) is 22.3 Å². The molecule has 1 aliphatic heterocycles. The van der Waals surface area contributed by atoms with Gasteiger partial charge in [0.15, 0.2) is 0 Å². The minimum Gasteiger partial charge on any atom is -0.460 e. The molecule has 5 rings (SSSR count). The molecule has 250 valence electrons. The van der Waals surface area contributed by atoms with Gasteiger partial charge in [-0.15, -0.1) is 0 Å². The smallest absolute Gasteiger partial charge is 0.314 e. The van der Waals surface area contributed by atoms with E-state index in [0.29, 0.717) is 43.2 Å². The number of hydrogen-bond donors (Lipinski definition) is 2. The lowest BCUT2D eigenvalue weighted by molar-refractivity contribution is -0.164. The van der Waals surface area contributed by atoms with Gasteiger partial charge in [0.1, 0.15) is 12.6 Å². The predicted octanol–water partition coefficient (Wildman–Crippen LogP) is 6.07. The minimum atomic E-state index is -0.916. The molecule has 1 aliphatic rings. The van der Waals surface area contributed by atoms with Gasteiger partial charge in [-0.2, -0.15) is 5.10 Å². The van der Waals surface area contributed by atoms with Crippen molar-refractivity contribution in [1.82, 2.24) is 20.4 Å². The van der Waals surface area contributed by atoms with Gasteiger partial charge in [-0.3, -0.25) is 19.2 Å². The summed E-state index contributed by atoms with van der Waals surface area (Å²) in [5, 5.41) is 9.12. The van der Waals surface area contributed by atoms with Gasteiger partial charge in [0, 0.05) is 29.8 Å². The summed E-state index contributed by atoms with van der Waals surface area (Å²) in [4.78, 5) is 55.9. The standard InChI is InChI=1S/C39H44N4O5/c1-5-39(6-2,38(47)48-25-28-13-9-7-10-14-28)34-20-19-33(29-15-11-8-12-16-29)43(34)37(46)27(4)41-35(44)31-18-17-30(26(3)23-31)24-32-21-22-40-42-36(32)45/h7-18,21-23,27,33-34H,5-6,19-20,24-25H2,1-4H3,(H,41,44)(H,42,45)/t27-,33+,34-/m1/s1. The second-order valence-corrected chi connectivity index (χ2v) is 12.6. The molecular weight excluding hydrogens is 604 g/mol. The molecule has 1 fully saturated rings. The highest BCUT2D eigenvalue weighted by Crippen LogP contribution is 2.47.